The van der Waals surface area contributed by atoms with Crippen LogP contribution in [-0.4, -0.2) is 14.3 Å². The van der Waals surface area contributed by atoms with Crippen LogP contribution < -0.4 is 10.5 Å². The van der Waals surface area contributed by atoms with Crippen LogP contribution in [0.4, 0.5) is 0 Å². The van der Waals surface area contributed by atoms with Crippen molar-refractivity contribution in [2.75, 3.05) is 0 Å². The minimum atomic E-state index is -3.53. The van der Waals surface area contributed by atoms with E-state index in [0.29, 0.717) is 23.4 Å². The Morgan fingerprint density at radius 3 is 2.33 bits per heavy atom. The fourth-order valence-electron chi connectivity index (χ4n) is 1.88. The van der Waals surface area contributed by atoms with E-state index < -0.39 is 10.0 Å². The van der Waals surface area contributed by atoms with Crippen LogP contribution in [0.25, 0.3) is 0 Å². The first-order valence-corrected chi connectivity index (χ1v) is 7.97. The Bertz CT molecular complexity index is 733. The molecule has 0 atom stereocenters. The molecule has 3 N–H and O–H groups in total. The summed E-state index contributed by atoms with van der Waals surface area (Å²) in [6.07, 6.45) is 1.46. The highest BCUT2D eigenvalue weighted by Gasteiger charge is 2.11. The predicted molar refractivity (Wildman–Crippen MR) is 77.9 cm³/mol. The summed E-state index contributed by atoms with van der Waals surface area (Å²) in [5.41, 5.74) is 1.97. The molecule has 0 unspecified atom stereocenters. The molecule has 1 aromatic heterocycles. The Hall–Kier alpha value is -2.12. The van der Waals surface area contributed by atoms with Crippen LogP contribution in [0.15, 0.2) is 41.0 Å². The van der Waals surface area contributed by atoms with Crippen LogP contribution in [0.3, 0.4) is 0 Å². The number of carbonyl (C=O) groups is 1. The van der Waals surface area contributed by atoms with Crippen molar-refractivity contribution in [2.45, 2.75) is 19.2 Å². The molecule has 2 aromatic rings. The Morgan fingerprint density at radius 2 is 1.81 bits per heavy atom. The van der Waals surface area contributed by atoms with Crippen LogP contribution in [0.1, 0.15) is 27.2 Å². The summed E-state index contributed by atoms with van der Waals surface area (Å²) in [4.78, 5) is 11.9. The first-order chi connectivity index (χ1) is 9.85. The molecule has 21 heavy (non-hydrogen) atoms. The van der Waals surface area contributed by atoms with Crippen LogP contribution in [0.2, 0.25) is 0 Å². The van der Waals surface area contributed by atoms with Gasteiger partial charge in [0.05, 0.1) is 17.6 Å². The van der Waals surface area contributed by atoms with Gasteiger partial charge in [-0.25, -0.2) is 13.6 Å². The van der Waals surface area contributed by atoms with Crippen LogP contribution in [0, 0.1) is 6.92 Å². The van der Waals surface area contributed by atoms with Crippen molar-refractivity contribution in [2.24, 2.45) is 5.14 Å². The molecule has 0 spiro atoms. The number of benzene rings is 1. The zero-order chi connectivity index (χ0) is 15.5. The number of primary sulfonamides is 1. The van der Waals surface area contributed by atoms with Gasteiger partial charge in [-0.3, -0.25) is 4.79 Å². The number of hydrogen-bond donors (Lipinski definition) is 2. The minimum Gasteiger partial charge on any atom is -0.469 e. The van der Waals surface area contributed by atoms with Crippen LogP contribution in [-0.2, 0) is 22.3 Å². The fraction of sp³-hybridized carbons (Fsp3) is 0.214. The Balaban J connectivity index is 1.95. The van der Waals surface area contributed by atoms with Gasteiger partial charge in [0.15, 0.2) is 0 Å². The Labute approximate surface area is 123 Å². The molecule has 1 heterocycles. The molecule has 0 aliphatic carbocycles. The number of carbonyl (C=O) groups excluding carboxylic acids is 1. The third kappa shape index (κ3) is 4.44. The number of nitrogens with two attached hydrogens (primary N) is 1. The topological polar surface area (TPSA) is 102 Å². The first kappa shape index (κ1) is 15.3. The zero-order valence-electron chi connectivity index (χ0n) is 11.5. The Morgan fingerprint density at radius 1 is 1.19 bits per heavy atom. The third-order valence-corrected chi connectivity index (χ3v) is 3.68. The van der Waals surface area contributed by atoms with Gasteiger partial charge in [0, 0.05) is 6.54 Å². The lowest BCUT2D eigenvalue weighted by atomic mass is 10.1. The van der Waals surface area contributed by atoms with Crippen molar-refractivity contribution in [3.05, 3.63) is 59.0 Å². The lowest BCUT2D eigenvalue weighted by Crippen LogP contribution is -2.23. The van der Waals surface area contributed by atoms with Gasteiger partial charge in [0.25, 0.3) is 5.91 Å². The lowest BCUT2D eigenvalue weighted by molar-refractivity contribution is 0.0949. The van der Waals surface area contributed by atoms with E-state index in [-0.39, 0.29) is 11.7 Å². The van der Waals surface area contributed by atoms with Crippen molar-refractivity contribution in [1.82, 2.24) is 5.32 Å². The number of rotatable bonds is 5. The molecule has 2 rings (SSSR count). The number of hydrogen-bond acceptors (Lipinski definition) is 4. The van der Waals surface area contributed by atoms with E-state index in [1.807, 2.05) is 0 Å². The fourth-order valence-corrected chi connectivity index (χ4v) is 2.54. The maximum atomic E-state index is 11.9. The van der Waals surface area contributed by atoms with Gasteiger partial charge in [-0.15, -0.1) is 0 Å². The molecule has 1 amide bonds. The molecule has 0 saturated heterocycles. The Kier molecular flexibility index (Phi) is 4.44. The summed E-state index contributed by atoms with van der Waals surface area (Å²) in [6.45, 7) is 2.07. The van der Waals surface area contributed by atoms with Crippen molar-refractivity contribution in [1.29, 1.82) is 0 Å². The number of furan rings is 1. The molecule has 0 saturated carbocycles. The second-order valence-electron chi connectivity index (χ2n) is 4.70. The SMILES string of the molecule is Cc1occc1C(=O)NCc1ccc(CS(N)(=O)=O)cc1. The molecular formula is C14H16N2O4S. The van der Waals surface area contributed by atoms with Gasteiger partial charge in [-0.1, -0.05) is 24.3 Å². The average molecular weight is 308 g/mol. The summed E-state index contributed by atoms with van der Waals surface area (Å²) < 4.78 is 27.0. The quantitative estimate of drug-likeness (QED) is 0.869. The van der Waals surface area contributed by atoms with Crippen molar-refractivity contribution in [3.63, 3.8) is 0 Å². The highest BCUT2D eigenvalue weighted by atomic mass is 32.2. The number of nitrogens with one attached hydrogen (secondary N) is 1. The molecule has 0 bridgehead atoms. The summed E-state index contributed by atoms with van der Waals surface area (Å²) in [5, 5.41) is 7.75. The van der Waals surface area contributed by atoms with Crippen molar-refractivity contribution >= 4 is 15.9 Å². The average Bonchev–Trinajstić information content (AvgIpc) is 2.82. The smallest absolute Gasteiger partial charge is 0.255 e. The first-order valence-electron chi connectivity index (χ1n) is 6.26. The molecule has 112 valence electrons. The van der Waals surface area contributed by atoms with Gasteiger partial charge < -0.3 is 9.73 Å². The van der Waals surface area contributed by atoms with E-state index in [4.69, 9.17) is 9.56 Å². The van der Waals surface area contributed by atoms with Gasteiger partial charge >= 0.3 is 0 Å². The number of amides is 1. The zero-order valence-corrected chi connectivity index (χ0v) is 12.3. The van der Waals surface area contributed by atoms with Crippen LogP contribution in [0.5, 0.6) is 0 Å². The monoisotopic (exact) mass is 308 g/mol. The van der Waals surface area contributed by atoms with E-state index in [0.717, 1.165) is 5.56 Å². The number of sulfonamides is 1. The maximum Gasteiger partial charge on any atom is 0.255 e. The molecular weight excluding hydrogens is 292 g/mol. The normalized spacial score (nSPS) is 11.3. The van der Waals surface area contributed by atoms with Crippen molar-refractivity contribution in [3.8, 4) is 0 Å². The van der Waals surface area contributed by atoms with E-state index in [1.165, 1.54) is 6.26 Å². The molecule has 6 nitrogen and oxygen atoms in total. The van der Waals surface area contributed by atoms with Gasteiger partial charge in [-0.05, 0) is 24.1 Å². The van der Waals surface area contributed by atoms with Gasteiger partial charge in [-0.2, -0.15) is 0 Å². The van der Waals surface area contributed by atoms with Crippen LogP contribution >= 0.6 is 0 Å². The van der Waals surface area contributed by atoms with Gasteiger partial charge in [0.1, 0.15) is 5.76 Å². The molecule has 7 heteroatoms. The molecule has 0 fully saturated rings. The largest absolute Gasteiger partial charge is 0.469 e. The molecule has 0 radical (unpaired) electrons. The second-order valence-corrected chi connectivity index (χ2v) is 6.31. The van der Waals surface area contributed by atoms with Gasteiger partial charge in [0.2, 0.25) is 10.0 Å². The van der Waals surface area contributed by atoms with Crippen molar-refractivity contribution < 1.29 is 17.6 Å². The van der Waals surface area contributed by atoms with E-state index >= 15 is 0 Å². The lowest BCUT2D eigenvalue weighted by Gasteiger charge is -2.06. The predicted octanol–water partition coefficient (Wildman–Crippen LogP) is 1.31. The van der Waals surface area contributed by atoms with E-state index in [9.17, 15) is 13.2 Å². The maximum absolute atomic E-state index is 11.9. The number of aryl methyl sites for hydroxylation is 1. The van der Waals surface area contributed by atoms with E-state index in [1.54, 1.807) is 37.3 Å². The summed E-state index contributed by atoms with van der Waals surface area (Å²) >= 11 is 0. The molecule has 1 aromatic carbocycles. The summed E-state index contributed by atoms with van der Waals surface area (Å²) in [5.74, 6) is 0.152. The third-order valence-electron chi connectivity index (χ3n) is 2.95. The summed E-state index contributed by atoms with van der Waals surface area (Å²) in [6, 6.07) is 8.47. The highest BCUT2D eigenvalue weighted by Crippen LogP contribution is 2.10. The second kappa shape index (κ2) is 6.11. The summed E-state index contributed by atoms with van der Waals surface area (Å²) in [7, 11) is -3.53. The highest BCUT2D eigenvalue weighted by molar-refractivity contribution is 7.88. The standard InChI is InChI=1S/C14H16N2O4S/c1-10-13(6-7-20-10)14(17)16-8-11-2-4-12(5-3-11)9-21(15,18)19/h2-7H,8-9H2,1H3,(H,16,17)(H2,15,18,19). The van der Waals surface area contributed by atoms with E-state index in [2.05, 4.69) is 5.32 Å². The molecule has 0 aliphatic heterocycles. The minimum absolute atomic E-state index is 0.201. The molecule has 0 aliphatic rings.